The highest BCUT2D eigenvalue weighted by Crippen LogP contribution is 2.26. The number of aromatic nitrogens is 1. The zero-order chi connectivity index (χ0) is 19.4. The molecule has 5 nitrogen and oxygen atoms in total. The van der Waals surface area contributed by atoms with Gasteiger partial charge in [0, 0.05) is 35.9 Å². The molecule has 144 valence electrons. The molecule has 0 bridgehead atoms. The van der Waals surface area contributed by atoms with Gasteiger partial charge in [0.2, 0.25) is 0 Å². The lowest BCUT2D eigenvalue weighted by molar-refractivity contribution is 0.242. The van der Waals surface area contributed by atoms with Gasteiger partial charge in [0.1, 0.15) is 0 Å². The van der Waals surface area contributed by atoms with Gasteiger partial charge in [-0.15, -0.1) is 0 Å². The fourth-order valence-corrected chi connectivity index (χ4v) is 3.50. The Morgan fingerprint density at radius 1 is 1.04 bits per heavy atom. The van der Waals surface area contributed by atoms with Crippen LogP contribution < -0.4 is 16.0 Å². The van der Waals surface area contributed by atoms with Crippen molar-refractivity contribution in [1.82, 2.24) is 10.3 Å². The van der Waals surface area contributed by atoms with Gasteiger partial charge < -0.3 is 16.0 Å². The van der Waals surface area contributed by atoms with E-state index in [9.17, 15) is 13.6 Å². The first-order chi connectivity index (χ1) is 12.9. The topological polar surface area (TPSA) is 66.0 Å². The summed E-state index contributed by atoms with van der Waals surface area (Å²) in [6.07, 6.45) is 7.54. The number of amides is 2. The zero-order valence-corrected chi connectivity index (χ0v) is 15.5. The van der Waals surface area contributed by atoms with Gasteiger partial charge >= 0.3 is 6.03 Å². The number of rotatable bonds is 4. The number of pyridine rings is 1. The SMILES string of the molecule is Cc1cncc(C)c1NC1CCCCC1NC(=O)Nc1ccc(F)c(F)c1. The van der Waals surface area contributed by atoms with Gasteiger partial charge in [-0.25, -0.2) is 13.6 Å². The zero-order valence-electron chi connectivity index (χ0n) is 15.5. The van der Waals surface area contributed by atoms with Crippen LogP contribution in [0, 0.1) is 25.5 Å². The number of halogens is 2. The summed E-state index contributed by atoms with van der Waals surface area (Å²) in [5, 5.41) is 9.10. The lowest BCUT2D eigenvalue weighted by Gasteiger charge is -2.34. The first kappa shape index (κ1) is 19.1. The van der Waals surface area contributed by atoms with Crippen LogP contribution in [0.1, 0.15) is 36.8 Å². The minimum absolute atomic E-state index is 0.0592. The monoisotopic (exact) mass is 374 g/mol. The molecule has 0 saturated heterocycles. The Balaban J connectivity index is 1.66. The molecule has 3 N–H and O–H groups in total. The summed E-state index contributed by atoms with van der Waals surface area (Å²) in [7, 11) is 0. The largest absolute Gasteiger partial charge is 0.380 e. The number of hydrogen-bond acceptors (Lipinski definition) is 3. The second kappa shape index (κ2) is 8.33. The normalized spacial score (nSPS) is 19.4. The number of nitrogens with one attached hydrogen (secondary N) is 3. The third-order valence-corrected chi connectivity index (χ3v) is 4.91. The predicted octanol–water partition coefficient (Wildman–Crippen LogP) is 4.52. The van der Waals surface area contributed by atoms with Crippen LogP contribution in [0.15, 0.2) is 30.6 Å². The summed E-state index contributed by atoms with van der Waals surface area (Å²) in [5.41, 5.74) is 3.38. The van der Waals surface area contributed by atoms with Gasteiger partial charge in [-0.05, 0) is 49.9 Å². The molecule has 2 atom stereocenters. The van der Waals surface area contributed by atoms with E-state index in [1.807, 2.05) is 26.2 Å². The smallest absolute Gasteiger partial charge is 0.319 e. The fraction of sp³-hybridized carbons (Fsp3) is 0.400. The van der Waals surface area contributed by atoms with E-state index < -0.39 is 17.7 Å². The second-order valence-electron chi connectivity index (χ2n) is 7.02. The molecule has 0 spiro atoms. The van der Waals surface area contributed by atoms with Crippen molar-refractivity contribution in [3.63, 3.8) is 0 Å². The van der Waals surface area contributed by atoms with Crippen LogP contribution in [0.3, 0.4) is 0 Å². The van der Waals surface area contributed by atoms with Crippen molar-refractivity contribution in [2.45, 2.75) is 51.6 Å². The summed E-state index contributed by atoms with van der Waals surface area (Å²) in [4.78, 5) is 16.5. The van der Waals surface area contributed by atoms with Crippen LogP contribution in [-0.2, 0) is 0 Å². The van der Waals surface area contributed by atoms with E-state index in [1.165, 1.54) is 6.07 Å². The molecule has 0 aliphatic heterocycles. The molecular weight excluding hydrogens is 350 g/mol. The number of carbonyl (C=O) groups is 1. The highest BCUT2D eigenvalue weighted by atomic mass is 19.2. The predicted molar refractivity (Wildman–Crippen MR) is 102 cm³/mol. The molecule has 1 fully saturated rings. The molecule has 1 saturated carbocycles. The first-order valence-corrected chi connectivity index (χ1v) is 9.14. The Morgan fingerprint density at radius 2 is 1.70 bits per heavy atom. The Kier molecular flexibility index (Phi) is 5.88. The lowest BCUT2D eigenvalue weighted by atomic mass is 9.90. The average molecular weight is 374 g/mol. The van der Waals surface area contributed by atoms with Crippen LogP contribution in [-0.4, -0.2) is 23.1 Å². The minimum Gasteiger partial charge on any atom is -0.380 e. The van der Waals surface area contributed by atoms with Crippen LogP contribution in [0.2, 0.25) is 0 Å². The van der Waals surface area contributed by atoms with Gasteiger partial charge in [0.05, 0.1) is 6.04 Å². The van der Waals surface area contributed by atoms with Crippen molar-refractivity contribution in [1.29, 1.82) is 0 Å². The molecule has 27 heavy (non-hydrogen) atoms. The first-order valence-electron chi connectivity index (χ1n) is 9.14. The molecule has 1 heterocycles. The maximum Gasteiger partial charge on any atom is 0.319 e. The Hall–Kier alpha value is -2.70. The molecule has 7 heteroatoms. The van der Waals surface area contributed by atoms with Crippen LogP contribution in [0.5, 0.6) is 0 Å². The van der Waals surface area contributed by atoms with Crippen molar-refractivity contribution < 1.29 is 13.6 Å². The molecular formula is C20H24F2N4O. The van der Waals surface area contributed by atoms with Gasteiger partial charge in [-0.1, -0.05) is 12.8 Å². The number of hydrogen-bond donors (Lipinski definition) is 3. The third kappa shape index (κ3) is 4.72. The summed E-state index contributed by atoms with van der Waals surface area (Å²) >= 11 is 0. The van der Waals surface area contributed by atoms with Gasteiger partial charge in [-0.3, -0.25) is 4.98 Å². The number of nitrogens with zero attached hydrogens (tertiary/aromatic N) is 1. The molecule has 1 aromatic heterocycles. The molecule has 3 rings (SSSR count). The Bertz CT molecular complexity index is 807. The number of aryl methyl sites for hydroxylation is 2. The van der Waals surface area contributed by atoms with E-state index in [0.29, 0.717) is 0 Å². The summed E-state index contributed by atoms with van der Waals surface area (Å²) < 4.78 is 26.3. The number of carbonyl (C=O) groups excluding carboxylic acids is 1. The number of anilines is 2. The van der Waals surface area contributed by atoms with E-state index in [0.717, 1.165) is 54.6 Å². The van der Waals surface area contributed by atoms with Crippen molar-refractivity contribution >= 4 is 17.4 Å². The van der Waals surface area contributed by atoms with Crippen molar-refractivity contribution in [2.24, 2.45) is 0 Å². The van der Waals surface area contributed by atoms with E-state index >= 15 is 0 Å². The van der Waals surface area contributed by atoms with Gasteiger partial charge in [-0.2, -0.15) is 0 Å². The summed E-state index contributed by atoms with van der Waals surface area (Å²) in [6.45, 7) is 4.01. The van der Waals surface area contributed by atoms with Gasteiger partial charge in [0.15, 0.2) is 11.6 Å². The highest BCUT2D eigenvalue weighted by Gasteiger charge is 2.27. The van der Waals surface area contributed by atoms with Crippen molar-refractivity contribution in [3.05, 3.63) is 53.4 Å². The number of benzene rings is 1. The quantitative estimate of drug-likeness (QED) is 0.737. The van der Waals surface area contributed by atoms with Crippen LogP contribution in [0.25, 0.3) is 0 Å². The third-order valence-electron chi connectivity index (χ3n) is 4.91. The van der Waals surface area contributed by atoms with Crippen LogP contribution in [0.4, 0.5) is 25.0 Å². The molecule has 2 amide bonds. The fourth-order valence-electron chi connectivity index (χ4n) is 3.50. The minimum atomic E-state index is -0.992. The van der Waals surface area contributed by atoms with E-state index in [4.69, 9.17) is 0 Å². The molecule has 0 radical (unpaired) electrons. The standard InChI is InChI=1S/C20H24F2N4O/c1-12-10-23-11-13(2)19(12)25-17-5-3-4-6-18(17)26-20(27)24-14-7-8-15(21)16(22)9-14/h7-11,17-18H,3-6H2,1-2H3,(H,23,25)(H2,24,26,27). The summed E-state index contributed by atoms with van der Waals surface area (Å²) in [5.74, 6) is -1.94. The molecule has 1 aliphatic carbocycles. The molecule has 1 aliphatic rings. The average Bonchev–Trinajstić information content (AvgIpc) is 2.63. The Labute approximate surface area is 157 Å². The lowest BCUT2D eigenvalue weighted by Crippen LogP contribution is -2.50. The second-order valence-corrected chi connectivity index (χ2v) is 7.02. The van der Waals surface area contributed by atoms with E-state index in [-0.39, 0.29) is 17.8 Å². The molecule has 1 aromatic carbocycles. The van der Waals surface area contributed by atoms with Crippen LogP contribution >= 0.6 is 0 Å². The Morgan fingerprint density at radius 3 is 2.37 bits per heavy atom. The summed E-state index contributed by atoms with van der Waals surface area (Å²) in [6, 6.07) is 2.89. The maximum absolute atomic E-state index is 13.3. The van der Waals surface area contributed by atoms with Gasteiger partial charge in [0.25, 0.3) is 0 Å². The number of urea groups is 1. The highest BCUT2D eigenvalue weighted by molar-refractivity contribution is 5.89. The van der Waals surface area contributed by atoms with E-state index in [1.54, 1.807) is 0 Å². The van der Waals surface area contributed by atoms with E-state index in [2.05, 4.69) is 20.9 Å². The maximum atomic E-state index is 13.3. The molecule has 2 unspecified atom stereocenters. The van der Waals surface area contributed by atoms with Crippen molar-refractivity contribution in [2.75, 3.05) is 10.6 Å². The van der Waals surface area contributed by atoms with Crippen molar-refractivity contribution in [3.8, 4) is 0 Å². The molecule has 2 aromatic rings.